The first-order chi connectivity index (χ1) is 13.6. The molecule has 1 saturated carbocycles. The van der Waals surface area contributed by atoms with Gasteiger partial charge in [0.15, 0.2) is 0 Å². The number of nitrogens with zero attached hydrogens (tertiary/aromatic N) is 1. The number of hydrogen-bond donors (Lipinski definition) is 2. The van der Waals surface area contributed by atoms with Crippen LogP contribution in [0.1, 0.15) is 79.6 Å². The highest BCUT2D eigenvalue weighted by atomic mass is 32.1. The Morgan fingerprint density at radius 2 is 2.04 bits per heavy atom. The van der Waals surface area contributed by atoms with Gasteiger partial charge < -0.3 is 20.3 Å². The van der Waals surface area contributed by atoms with E-state index in [4.69, 9.17) is 0 Å². The van der Waals surface area contributed by atoms with Crippen LogP contribution in [0.4, 0.5) is 0 Å². The van der Waals surface area contributed by atoms with Gasteiger partial charge in [0.05, 0.1) is 11.6 Å². The molecule has 7 heteroatoms. The summed E-state index contributed by atoms with van der Waals surface area (Å²) in [5, 5.41) is 8.10. The van der Waals surface area contributed by atoms with Crippen LogP contribution in [0.15, 0.2) is 5.38 Å². The number of thiophene rings is 1. The number of carbonyl (C=O) groups excluding carboxylic acids is 3. The molecular weight excluding hydrogens is 374 g/mol. The first kappa shape index (κ1) is 22.6. The van der Waals surface area contributed by atoms with E-state index >= 15 is 0 Å². The minimum atomic E-state index is -0.545. The molecule has 3 rings (SSSR count). The molecule has 1 atom stereocenters. The zero-order valence-electron chi connectivity index (χ0n) is 17.3. The monoisotopic (exact) mass is 407 g/mol. The Morgan fingerprint density at radius 3 is 2.68 bits per heavy atom. The number of aldehydes is 1. The fraction of sp³-hybridized carbons (Fsp3) is 0.667. The molecular formula is C21H33N3O3S. The smallest absolute Gasteiger partial charge is 0.255 e. The van der Waals surface area contributed by atoms with E-state index in [1.807, 2.05) is 19.2 Å². The van der Waals surface area contributed by atoms with E-state index in [2.05, 4.69) is 10.6 Å². The molecule has 2 aliphatic rings. The third-order valence-electron chi connectivity index (χ3n) is 5.46. The summed E-state index contributed by atoms with van der Waals surface area (Å²) in [4.78, 5) is 38.4. The van der Waals surface area contributed by atoms with Crippen LogP contribution < -0.4 is 10.6 Å². The fourth-order valence-electron chi connectivity index (χ4n) is 3.83. The number of amides is 2. The number of nitrogens with one attached hydrogen (secondary N) is 2. The second-order valence-corrected chi connectivity index (χ2v) is 8.08. The third-order valence-corrected chi connectivity index (χ3v) is 6.49. The van der Waals surface area contributed by atoms with Crippen LogP contribution in [0.3, 0.4) is 0 Å². The summed E-state index contributed by atoms with van der Waals surface area (Å²) in [5.74, 6) is -0.204. The maximum atomic E-state index is 12.7. The second-order valence-electron chi connectivity index (χ2n) is 7.12. The molecule has 0 bridgehead atoms. The summed E-state index contributed by atoms with van der Waals surface area (Å²) in [5.41, 5.74) is 1.78. The van der Waals surface area contributed by atoms with Gasteiger partial charge in [-0.1, -0.05) is 33.1 Å². The molecule has 2 heterocycles. The summed E-state index contributed by atoms with van der Waals surface area (Å²) < 4.78 is 0. The predicted molar refractivity (Wildman–Crippen MR) is 112 cm³/mol. The standard InChI is InChI=1S/C19H27N3O3S.C2H6/c1-20-18(24)8-7-14(11-23)22-10-15-16(19(22)25)12-26-17(15)9-21-13-5-3-2-4-6-13;1-2/h11-14,21H,2-10H2,1H3,(H,20,24);1-2H3. The van der Waals surface area contributed by atoms with Gasteiger partial charge in [0.1, 0.15) is 6.29 Å². The first-order valence-electron chi connectivity index (χ1n) is 10.4. The number of carbonyl (C=O) groups is 3. The Morgan fingerprint density at radius 1 is 1.32 bits per heavy atom. The molecule has 1 aliphatic carbocycles. The van der Waals surface area contributed by atoms with Crippen molar-refractivity contribution in [3.63, 3.8) is 0 Å². The summed E-state index contributed by atoms with van der Waals surface area (Å²) in [6.07, 6.45) is 7.76. The largest absolute Gasteiger partial charge is 0.359 e. The Balaban J connectivity index is 0.00000136. The SMILES string of the molecule is CC.CNC(=O)CCC(C=O)N1Cc2c(csc2CNC2CCCCC2)C1=O. The molecule has 156 valence electrons. The highest BCUT2D eigenvalue weighted by molar-refractivity contribution is 7.10. The van der Waals surface area contributed by atoms with Crippen LogP contribution >= 0.6 is 11.3 Å². The number of rotatable bonds is 8. The van der Waals surface area contributed by atoms with Crippen molar-refractivity contribution in [2.24, 2.45) is 0 Å². The van der Waals surface area contributed by atoms with E-state index in [0.717, 1.165) is 24.0 Å². The minimum absolute atomic E-state index is 0.0887. The van der Waals surface area contributed by atoms with Gasteiger partial charge >= 0.3 is 0 Å². The lowest BCUT2D eigenvalue weighted by Crippen LogP contribution is -2.37. The predicted octanol–water partition coefficient (Wildman–Crippen LogP) is 3.25. The van der Waals surface area contributed by atoms with E-state index in [1.54, 1.807) is 23.3 Å². The van der Waals surface area contributed by atoms with Gasteiger partial charge in [-0.15, -0.1) is 11.3 Å². The molecule has 0 radical (unpaired) electrons. The highest BCUT2D eigenvalue weighted by Gasteiger charge is 2.35. The lowest BCUT2D eigenvalue weighted by atomic mass is 9.95. The Kier molecular flexibility index (Phi) is 9.12. The van der Waals surface area contributed by atoms with E-state index in [0.29, 0.717) is 19.0 Å². The van der Waals surface area contributed by atoms with Gasteiger partial charge in [0, 0.05) is 42.9 Å². The van der Waals surface area contributed by atoms with Gasteiger partial charge in [-0.2, -0.15) is 0 Å². The normalized spacial score (nSPS) is 17.5. The molecule has 2 N–H and O–H groups in total. The van der Waals surface area contributed by atoms with Gasteiger partial charge in [-0.3, -0.25) is 9.59 Å². The van der Waals surface area contributed by atoms with E-state index in [1.165, 1.54) is 37.0 Å². The summed E-state index contributed by atoms with van der Waals surface area (Å²) in [7, 11) is 1.57. The van der Waals surface area contributed by atoms with Crippen molar-refractivity contribution in [2.45, 2.75) is 84.0 Å². The Hall–Kier alpha value is -1.73. The molecule has 1 aromatic heterocycles. The minimum Gasteiger partial charge on any atom is -0.359 e. The fourth-order valence-corrected chi connectivity index (χ4v) is 4.82. The Labute approximate surface area is 172 Å². The van der Waals surface area contributed by atoms with Crippen molar-refractivity contribution < 1.29 is 14.4 Å². The lowest BCUT2D eigenvalue weighted by Gasteiger charge is -2.24. The lowest BCUT2D eigenvalue weighted by molar-refractivity contribution is -0.121. The zero-order chi connectivity index (χ0) is 20.5. The molecule has 0 saturated heterocycles. The molecule has 1 aromatic rings. The molecule has 1 aliphatic heterocycles. The van der Waals surface area contributed by atoms with E-state index < -0.39 is 6.04 Å². The van der Waals surface area contributed by atoms with Crippen molar-refractivity contribution in [1.82, 2.24) is 15.5 Å². The van der Waals surface area contributed by atoms with Crippen molar-refractivity contribution in [3.05, 3.63) is 21.4 Å². The quantitative estimate of drug-likeness (QED) is 0.649. The number of hydrogen-bond acceptors (Lipinski definition) is 5. The third kappa shape index (κ3) is 5.41. The molecule has 2 amide bonds. The summed E-state index contributed by atoms with van der Waals surface area (Å²) in [6.45, 7) is 5.26. The van der Waals surface area contributed by atoms with Crippen LogP contribution in [0.2, 0.25) is 0 Å². The second kappa shape index (κ2) is 11.3. The van der Waals surface area contributed by atoms with Crippen molar-refractivity contribution >= 4 is 29.4 Å². The Bertz CT molecular complexity index is 668. The van der Waals surface area contributed by atoms with Crippen LogP contribution in [0.25, 0.3) is 0 Å². The van der Waals surface area contributed by atoms with Crippen LogP contribution in [-0.4, -0.2) is 42.1 Å². The van der Waals surface area contributed by atoms with Crippen molar-refractivity contribution in [3.8, 4) is 0 Å². The van der Waals surface area contributed by atoms with E-state index in [-0.39, 0.29) is 18.2 Å². The van der Waals surface area contributed by atoms with Crippen molar-refractivity contribution in [2.75, 3.05) is 7.05 Å². The summed E-state index contributed by atoms with van der Waals surface area (Å²) in [6, 6.07) is 0.0290. The molecule has 0 spiro atoms. The average Bonchev–Trinajstić information content (AvgIpc) is 3.29. The maximum absolute atomic E-state index is 12.7. The van der Waals surface area contributed by atoms with Crippen LogP contribution in [0, 0.1) is 0 Å². The van der Waals surface area contributed by atoms with E-state index in [9.17, 15) is 14.4 Å². The molecule has 1 fully saturated rings. The van der Waals surface area contributed by atoms with Gasteiger partial charge in [0.25, 0.3) is 5.91 Å². The molecule has 1 unspecified atom stereocenters. The first-order valence-corrected chi connectivity index (χ1v) is 11.3. The zero-order valence-corrected chi connectivity index (χ0v) is 18.1. The molecule has 6 nitrogen and oxygen atoms in total. The molecule has 28 heavy (non-hydrogen) atoms. The van der Waals surface area contributed by atoms with Gasteiger partial charge in [-0.05, 0) is 24.8 Å². The average molecular weight is 408 g/mol. The topological polar surface area (TPSA) is 78.5 Å². The highest BCUT2D eigenvalue weighted by Crippen LogP contribution is 2.33. The maximum Gasteiger partial charge on any atom is 0.255 e. The van der Waals surface area contributed by atoms with Crippen LogP contribution in [0.5, 0.6) is 0 Å². The summed E-state index contributed by atoms with van der Waals surface area (Å²) >= 11 is 1.63. The van der Waals surface area contributed by atoms with Crippen molar-refractivity contribution in [1.29, 1.82) is 0 Å². The molecule has 0 aromatic carbocycles. The number of fused-ring (bicyclic) bond motifs is 1. The van der Waals surface area contributed by atoms with Crippen LogP contribution in [-0.2, 0) is 22.7 Å². The van der Waals surface area contributed by atoms with Gasteiger partial charge in [-0.25, -0.2) is 0 Å². The van der Waals surface area contributed by atoms with Gasteiger partial charge in [0.2, 0.25) is 5.91 Å².